The predicted octanol–water partition coefficient (Wildman–Crippen LogP) is 5.37. The van der Waals surface area contributed by atoms with Gasteiger partial charge in [0.25, 0.3) is 0 Å². The van der Waals surface area contributed by atoms with Gasteiger partial charge in [-0.05, 0) is 47.9 Å². The molecule has 34 heavy (non-hydrogen) atoms. The molecule has 0 bridgehead atoms. The Balaban J connectivity index is 1.54. The maximum Gasteiger partial charge on any atom is 0.322 e. The largest absolute Gasteiger partial charge is 0.497 e. The zero-order valence-corrected chi connectivity index (χ0v) is 19.4. The van der Waals surface area contributed by atoms with Crippen molar-refractivity contribution in [1.82, 2.24) is 9.88 Å². The highest BCUT2D eigenvalue weighted by molar-refractivity contribution is 5.93. The minimum absolute atomic E-state index is 0.200. The number of aromatic nitrogens is 1. The molecule has 174 valence electrons. The van der Waals surface area contributed by atoms with E-state index in [1.54, 1.807) is 39.5 Å². The summed E-state index contributed by atoms with van der Waals surface area (Å²) in [5.74, 6) is 1.97. The number of fused-ring (bicyclic) bond motifs is 3. The van der Waals surface area contributed by atoms with Crippen LogP contribution in [0, 0.1) is 0 Å². The molecule has 7 nitrogen and oxygen atoms in total. The standard InChI is InChI=1S/C27H27N3O4/c1-32-18-10-8-17(9-11-18)26-25-21(20-6-4-5-7-22(20)28-25)14-15-30(26)27(31)29-23-13-12-19(33-2)16-24(23)34-3/h4-13,16,26,28H,14-15H2,1-3H3,(H,29,31)/t26-/m0/s1. The van der Waals surface area contributed by atoms with Gasteiger partial charge in [-0.25, -0.2) is 4.79 Å². The molecule has 2 N–H and O–H groups in total. The van der Waals surface area contributed by atoms with E-state index in [2.05, 4.69) is 22.4 Å². The molecule has 0 unspecified atom stereocenters. The molecule has 2 heterocycles. The van der Waals surface area contributed by atoms with Gasteiger partial charge in [0, 0.05) is 29.2 Å². The minimum Gasteiger partial charge on any atom is -0.497 e. The lowest BCUT2D eigenvalue weighted by molar-refractivity contribution is 0.193. The van der Waals surface area contributed by atoms with Gasteiger partial charge in [0.05, 0.1) is 33.1 Å². The number of urea groups is 1. The SMILES string of the molecule is COc1ccc([C@H]2c3[nH]c4ccccc4c3CCN2C(=O)Nc2ccc(OC)cc2OC)cc1. The molecule has 0 fully saturated rings. The number of methoxy groups -OCH3 is 3. The number of H-pyrrole nitrogens is 1. The van der Waals surface area contributed by atoms with Gasteiger partial charge in [0.15, 0.2) is 0 Å². The van der Waals surface area contributed by atoms with Crippen LogP contribution < -0.4 is 19.5 Å². The third kappa shape index (κ3) is 3.79. The van der Waals surface area contributed by atoms with Crippen LogP contribution in [0.5, 0.6) is 17.2 Å². The summed E-state index contributed by atoms with van der Waals surface area (Å²) in [5, 5.41) is 4.24. The first-order valence-electron chi connectivity index (χ1n) is 11.2. The van der Waals surface area contributed by atoms with Crippen molar-refractivity contribution in [3.8, 4) is 17.2 Å². The van der Waals surface area contributed by atoms with Crippen molar-refractivity contribution in [3.05, 3.63) is 83.6 Å². The number of ether oxygens (including phenoxy) is 3. The van der Waals surface area contributed by atoms with Crippen molar-refractivity contribution in [1.29, 1.82) is 0 Å². The normalized spacial score (nSPS) is 15.0. The topological polar surface area (TPSA) is 75.8 Å². The monoisotopic (exact) mass is 457 g/mol. The molecule has 0 saturated heterocycles. The van der Waals surface area contributed by atoms with Crippen molar-refractivity contribution in [2.75, 3.05) is 33.2 Å². The van der Waals surface area contributed by atoms with Gasteiger partial charge in [0.2, 0.25) is 0 Å². The maximum absolute atomic E-state index is 13.6. The van der Waals surface area contributed by atoms with Crippen LogP contribution in [0.2, 0.25) is 0 Å². The Morgan fingerprint density at radius 1 is 0.941 bits per heavy atom. The van der Waals surface area contributed by atoms with E-state index in [4.69, 9.17) is 14.2 Å². The number of carbonyl (C=O) groups excluding carboxylic acids is 1. The van der Waals surface area contributed by atoms with E-state index >= 15 is 0 Å². The average Bonchev–Trinajstić information content (AvgIpc) is 3.27. The number of hydrogen-bond acceptors (Lipinski definition) is 4. The van der Waals surface area contributed by atoms with E-state index in [0.717, 1.165) is 28.9 Å². The van der Waals surface area contributed by atoms with Gasteiger partial charge in [-0.3, -0.25) is 0 Å². The fourth-order valence-electron chi connectivity index (χ4n) is 4.68. The Kier molecular flexibility index (Phi) is 5.76. The lowest BCUT2D eigenvalue weighted by Crippen LogP contribution is -2.43. The number of aromatic amines is 1. The van der Waals surface area contributed by atoms with E-state index in [1.165, 1.54) is 10.9 Å². The number of amides is 2. The van der Waals surface area contributed by atoms with Crippen molar-refractivity contribution in [2.24, 2.45) is 0 Å². The van der Waals surface area contributed by atoms with Gasteiger partial charge >= 0.3 is 6.03 Å². The van der Waals surface area contributed by atoms with Gasteiger partial charge in [-0.2, -0.15) is 0 Å². The van der Waals surface area contributed by atoms with Crippen LogP contribution >= 0.6 is 0 Å². The zero-order valence-electron chi connectivity index (χ0n) is 19.4. The number of nitrogens with zero attached hydrogens (tertiary/aromatic N) is 1. The summed E-state index contributed by atoms with van der Waals surface area (Å²) in [7, 11) is 4.81. The van der Waals surface area contributed by atoms with Gasteiger partial charge in [0.1, 0.15) is 17.2 Å². The molecule has 0 spiro atoms. The predicted molar refractivity (Wildman–Crippen MR) is 132 cm³/mol. The summed E-state index contributed by atoms with van der Waals surface area (Å²) >= 11 is 0. The molecule has 3 aromatic carbocycles. The number of hydrogen-bond donors (Lipinski definition) is 2. The molecule has 1 atom stereocenters. The fraction of sp³-hybridized carbons (Fsp3) is 0.222. The smallest absolute Gasteiger partial charge is 0.322 e. The van der Waals surface area contributed by atoms with Gasteiger partial charge in [-0.1, -0.05) is 30.3 Å². The molecule has 1 aliphatic heterocycles. The summed E-state index contributed by atoms with van der Waals surface area (Å²) in [6, 6.07) is 21.0. The van der Waals surface area contributed by atoms with Crippen LogP contribution in [0.1, 0.15) is 22.9 Å². The summed E-state index contributed by atoms with van der Waals surface area (Å²) in [6.45, 7) is 0.579. The Morgan fingerprint density at radius 3 is 2.41 bits per heavy atom. The summed E-state index contributed by atoms with van der Waals surface area (Å²) in [6.07, 6.45) is 0.763. The molecule has 1 aromatic heterocycles. The van der Waals surface area contributed by atoms with Crippen molar-refractivity contribution in [2.45, 2.75) is 12.5 Å². The van der Waals surface area contributed by atoms with Crippen LogP contribution in [0.3, 0.4) is 0 Å². The molecular formula is C27H27N3O4. The third-order valence-corrected chi connectivity index (χ3v) is 6.38. The zero-order chi connectivity index (χ0) is 23.7. The molecule has 7 heteroatoms. The lowest BCUT2D eigenvalue weighted by atomic mass is 9.92. The second-order valence-corrected chi connectivity index (χ2v) is 8.18. The first-order valence-corrected chi connectivity index (χ1v) is 11.2. The van der Waals surface area contributed by atoms with Crippen LogP contribution in [0.15, 0.2) is 66.7 Å². The van der Waals surface area contributed by atoms with E-state index < -0.39 is 0 Å². The molecule has 0 radical (unpaired) electrons. The Labute approximate surface area is 198 Å². The number of carbonyl (C=O) groups is 1. The highest BCUT2D eigenvalue weighted by Gasteiger charge is 2.35. The second kappa shape index (κ2) is 9.02. The van der Waals surface area contributed by atoms with Gasteiger partial charge in [-0.15, -0.1) is 0 Å². The number of para-hydroxylation sites is 1. The highest BCUT2D eigenvalue weighted by atomic mass is 16.5. The van der Waals surface area contributed by atoms with E-state index in [0.29, 0.717) is 23.7 Å². The average molecular weight is 458 g/mol. The summed E-state index contributed by atoms with van der Waals surface area (Å²) in [4.78, 5) is 19.1. The first-order chi connectivity index (χ1) is 16.6. The Hall–Kier alpha value is -4.13. The first kappa shape index (κ1) is 21.7. The van der Waals surface area contributed by atoms with Crippen LogP contribution in [0.25, 0.3) is 10.9 Å². The summed E-state index contributed by atoms with van der Waals surface area (Å²) in [5.41, 5.74) is 4.96. The van der Waals surface area contributed by atoms with Crippen molar-refractivity contribution >= 4 is 22.6 Å². The highest BCUT2D eigenvalue weighted by Crippen LogP contribution is 2.39. The molecular weight excluding hydrogens is 430 g/mol. The molecule has 0 saturated carbocycles. The number of nitrogens with one attached hydrogen (secondary N) is 2. The Bertz CT molecular complexity index is 1330. The van der Waals surface area contributed by atoms with Crippen LogP contribution in [-0.2, 0) is 6.42 Å². The molecule has 5 rings (SSSR count). The molecule has 0 aliphatic carbocycles. The minimum atomic E-state index is -0.272. The third-order valence-electron chi connectivity index (χ3n) is 6.38. The number of benzene rings is 3. The van der Waals surface area contributed by atoms with Crippen molar-refractivity contribution < 1.29 is 19.0 Å². The van der Waals surface area contributed by atoms with Gasteiger partial charge < -0.3 is 29.4 Å². The maximum atomic E-state index is 13.6. The number of rotatable bonds is 5. The summed E-state index contributed by atoms with van der Waals surface area (Å²) < 4.78 is 16.1. The molecule has 4 aromatic rings. The molecule has 2 amide bonds. The van der Waals surface area contributed by atoms with E-state index in [9.17, 15) is 4.79 Å². The number of anilines is 1. The van der Waals surface area contributed by atoms with Crippen LogP contribution in [-0.4, -0.2) is 43.8 Å². The lowest BCUT2D eigenvalue weighted by Gasteiger charge is -2.36. The van der Waals surface area contributed by atoms with Crippen molar-refractivity contribution in [3.63, 3.8) is 0 Å². The quantitative estimate of drug-likeness (QED) is 0.422. The fourth-order valence-corrected chi connectivity index (χ4v) is 4.68. The van der Waals surface area contributed by atoms with E-state index in [-0.39, 0.29) is 12.1 Å². The molecule has 1 aliphatic rings. The van der Waals surface area contributed by atoms with Crippen LogP contribution in [0.4, 0.5) is 10.5 Å². The second-order valence-electron chi connectivity index (χ2n) is 8.18. The van der Waals surface area contributed by atoms with E-state index in [1.807, 2.05) is 41.3 Å². The Morgan fingerprint density at radius 2 is 1.68 bits per heavy atom.